The van der Waals surface area contributed by atoms with Gasteiger partial charge < -0.3 is 25.3 Å². The monoisotopic (exact) mass is 586 g/mol. The Bertz CT molecular complexity index is 1600. The molecule has 4 N–H and O–H groups in total. The van der Waals surface area contributed by atoms with Crippen LogP contribution in [-0.2, 0) is 15.2 Å². The molecule has 0 bridgehead atoms. The van der Waals surface area contributed by atoms with E-state index in [0.717, 1.165) is 5.01 Å². The summed E-state index contributed by atoms with van der Waals surface area (Å²) in [4.78, 5) is 58.8. The smallest absolute Gasteiger partial charge is 0.430 e. The van der Waals surface area contributed by atoms with Crippen molar-refractivity contribution in [1.29, 1.82) is 0 Å². The van der Waals surface area contributed by atoms with Gasteiger partial charge in [0.25, 0.3) is 17.7 Å². The predicted octanol–water partition coefficient (Wildman–Crippen LogP) is 4.83. The molecule has 12 heteroatoms. The van der Waals surface area contributed by atoms with Gasteiger partial charge in [0, 0.05) is 30.2 Å². The lowest BCUT2D eigenvalue weighted by molar-refractivity contribution is -0.126. The average molecular weight is 587 g/mol. The summed E-state index contributed by atoms with van der Waals surface area (Å²) in [5.74, 6) is -1.58. The number of anilines is 3. The van der Waals surface area contributed by atoms with E-state index in [1.54, 1.807) is 80.2 Å². The van der Waals surface area contributed by atoms with E-state index in [-0.39, 0.29) is 17.8 Å². The number of amides is 4. The van der Waals surface area contributed by atoms with E-state index in [1.165, 1.54) is 16.2 Å². The Hall–Kier alpha value is -4.94. The Kier molecular flexibility index (Phi) is 8.09. The van der Waals surface area contributed by atoms with Crippen LogP contribution >= 0.6 is 11.3 Å². The number of aromatic nitrogens is 1. The first-order valence-electron chi connectivity index (χ1n) is 13.3. The Morgan fingerprint density at radius 3 is 2.43 bits per heavy atom. The van der Waals surface area contributed by atoms with Gasteiger partial charge >= 0.3 is 6.09 Å². The lowest BCUT2D eigenvalue weighted by Gasteiger charge is -2.35. The number of likely N-dealkylation sites (N-methyl/N-ethyl adjacent to an activating group) is 1. The zero-order chi connectivity index (χ0) is 29.9. The molecule has 42 heavy (non-hydrogen) atoms. The summed E-state index contributed by atoms with van der Waals surface area (Å²) in [6.45, 7) is 5.54. The summed E-state index contributed by atoms with van der Waals surface area (Å²) in [6.07, 6.45) is 2.02. The highest BCUT2D eigenvalue weighted by atomic mass is 32.1. The maximum absolute atomic E-state index is 14.5. The summed E-state index contributed by atoms with van der Waals surface area (Å²) in [5.41, 5.74) is 2.85. The van der Waals surface area contributed by atoms with Gasteiger partial charge in [0.2, 0.25) is 5.66 Å². The molecule has 5 rings (SSSR count). The van der Waals surface area contributed by atoms with E-state index in [0.29, 0.717) is 21.8 Å². The maximum Gasteiger partial charge on any atom is 0.430 e. The molecule has 0 radical (unpaired) electrons. The number of hydrogen-bond acceptors (Lipinski definition) is 7. The van der Waals surface area contributed by atoms with Gasteiger partial charge in [-0.05, 0) is 62.5 Å². The number of nitrogens with zero attached hydrogens (tertiary/aromatic N) is 2. The molecule has 3 heterocycles. The molecule has 11 nitrogen and oxygen atoms in total. The quantitative estimate of drug-likeness (QED) is 0.234. The van der Waals surface area contributed by atoms with Crippen LogP contribution in [0.2, 0.25) is 0 Å². The van der Waals surface area contributed by atoms with Crippen molar-refractivity contribution in [3.63, 3.8) is 0 Å². The van der Waals surface area contributed by atoms with Crippen molar-refractivity contribution < 1.29 is 23.9 Å². The van der Waals surface area contributed by atoms with Crippen LogP contribution in [-0.4, -0.2) is 41.4 Å². The van der Waals surface area contributed by atoms with Crippen LogP contribution in [0.5, 0.6) is 0 Å². The first-order chi connectivity index (χ1) is 20.2. The summed E-state index contributed by atoms with van der Waals surface area (Å²) < 4.78 is 5.44. The van der Waals surface area contributed by atoms with Crippen LogP contribution in [0.15, 0.2) is 84.5 Å². The van der Waals surface area contributed by atoms with Crippen LogP contribution in [0.4, 0.5) is 21.2 Å². The number of hydrogen-bond donors (Lipinski definition) is 4. The van der Waals surface area contributed by atoms with Crippen LogP contribution < -0.4 is 26.0 Å². The number of benzene rings is 2. The van der Waals surface area contributed by atoms with E-state index < -0.39 is 35.6 Å². The number of ether oxygens (including phenoxy) is 1. The molecule has 0 aliphatic carbocycles. The van der Waals surface area contributed by atoms with Crippen LogP contribution in [0.3, 0.4) is 0 Å². The third kappa shape index (κ3) is 5.37. The first kappa shape index (κ1) is 28.6. The molecular weight excluding hydrogens is 556 g/mol. The van der Waals surface area contributed by atoms with Gasteiger partial charge in [0.05, 0.1) is 22.9 Å². The second kappa shape index (κ2) is 11.9. The molecule has 0 saturated heterocycles. The van der Waals surface area contributed by atoms with Crippen molar-refractivity contribution in [2.24, 2.45) is 0 Å². The van der Waals surface area contributed by atoms with Gasteiger partial charge in [0.15, 0.2) is 0 Å². The molecule has 2 aromatic heterocycles. The molecule has 0 saturated carbocycles. The standard InChI is InChI=1S/C30H30N6O5S/c1-4-35(21-10-6-5-7-11-21)28(39)30(23-15-17-42-27(23)36(34-30)29(40)41-19(2)3)33-26(38)22-12-8-9-13-24(22)32-25(37)20-14-16-31-18-20/h5-19,31,34H,4H2,1-3H3,(H,32,37)(H,33,38). The van der Waals surface area contributed by atoms with Crippen molar-refractivity contribution in [1.82, 2.24) is 15.7 Å². The molecule has 1 aliphatic rings. The van der Waals surface area contributed by atoms with Crippen molar-refractivity contribution in [2.75, 3.05) is 21.8 Å². The third-order valence-corrected chi connectivity index (χ3v) is 7.48. The average Bonchev–Trinajstić information content (AvgIpc) is 3.74. The largest absolute Gasteiger partial charge is 0.445 e. The number of thiophene rings is 1. The van der Waals surface area contributed by atoms with Gasteiger partial charge in [-0.15, -0.1) is 11.3 Å². The van der Waals surface area contributed by atoms with Crippen LogP contribution in [0, 0.1) is 0 Å². The number of H-pyrrole nitrogens is 1. The van der Waals surface area contributed by atoms with E-state index in [4.69, 9.17) is 4.74 Å². The van der Waals surface area contributed by atoms with Crippen molar-refractivity contribution in [2.45, 2.75) is 32.5 Å². The minimum atomic E-state index is -1.88. The Labute approximate surface area is 246 Å². The number of aromatic amines is 1. The lowest BCUT2D eigenvalue weighted by Crippen LogP contribution is -2.66. The molecule has 2 aromatic carbocycles. The highest BCUT2D eigenvalue weighted by Gasteiger charge is 2.54. The second-order valence-electron chi connectivity index (χ2n) is 9.71. The summed E-state index contributed by atoms with van der Waals surface area (Å²) >= 11 is 1.22. The Morgan fingerprint density at radius 1 is 1.00 bits per heavy atom. The number of carbonyl (C=O) groups is 4. The number of hydrazine groups is 1. The minimum Gasteiger partial charge on any atom is -0.445 e. The number of carbonyl (C=O) groups excluding carboxylic acids is 4. The van der Waals surface area contributed by atoms with Crippen molar-refractivity contribution in [3.8, 4) is 0 Å². The summed E-state index contributed by atoms with van der Waals surface area (Å²) in [6, 6.07) is 18.8. The molecule has 0 spiro atoms. The Morgan fingerprint density at radius 2 is 1.74 bits per heavy atom. The van der Waals surface area contributed by atoms with Crippen molar-refractivity contribution >= 4 is 51.5 Å². The maximum atomic E-state index is 14.5. The molecule has 1 atom stereocenters. The van der Waals surface area contributed by atoms with E-state index in [2.05, 4.69) is 21.0 Å². The predicted molar refractivity (Wildman–Crippen MR) is 160 cm³/mol. The van der Waals surface area contributed by atoms with Gasteiger partial charge in [-0.1, -0.05) is 30.3 Å². The molecule has 4 aromatic rings. The summed E-state index contributed by atoms with van der Waals surface area (Å²) in [5, 5.41) is 8.94. The van der Waals surface area contributed by atoms with Gasteiger partial charge in [0.1, 0.15) is 5.00 Å². The van der Waals surface area contributed by atoms with Gasteiger partial charge in [-0.2, -0.15) is 10.4 Å². The normalized spacial score (nSPS) is 15.7. The molecule has 1 unspecified atom stereocenters. The highest BCUT2D eigenvalue weighted by Crippen LogP contribution is 2.42. The fourth-order valence-electron chi connectivity index (χ4n) is 4.67. The fourth-order valence-corrected chi connectivity index (χ4v) is 5.58. The lowest BCUT2D eigenvalue weighted by atomic mass is 10.00. The molecule has 4 amide bonds. The number of nitrogens with one attached hydrogen (secondary N) is 4. The first-order valence-corrected chi connectivity index (χ1v) is 14.2. The van der Waals surface area contributed by atoms with Gasteiger partial charge in [-0.25, -0.2) is 4.79 Å². The van der Waals surface area contributed by atoms with Crippen LogP contribution in [0.25, 0.3) is 0 Å². The SMILES string of the molecule is CCN(C(=O)C1(NC(=O)c2ccccc2NC(=O)c2cc[nH]c2)NN(C(=O)OC(C)C)c2sccc21)c1ccccc1. The molecule has 1 aliphatic heterocycles. The van der Waals surface area contributed by atoms with Gasteiger partial charge in [-0.3, -0.25) is 14.4 Å². The van der Waals surface area contributed by atoms with E-state index >= 15 is 0 Å². The second-order valence-corrected chi connectivity index (χ2v) is 10.6. The highest BCUT2D eigenvalue weighted by molar-refractivity contribution is 7.14. The minimum absolute atomic E-state index is 0.123. The summed E-state index contributed by atoms with van der Waals surface area (Å²) in [7, 11) is 0. The number of para-hydroxylation sites is 2. The molecular formula is C30H30N6O5S. The van der Waals surface area contributed by atoms with E-state index in [1.807, 2.05) is 25.1 Å². The molecule has 216 valence electrons. The topological polar surface area (TPSA) is 136 Å². The number of fused-ring (bicyclic) bond motifs is 1. The van der Waals surface area contributed by atoms with E-state index in [9.17, 15) is 19.2 Å². The zero-order valence-corrected chi connectivity index (χ0v) is 24.0. The third-order valence-electron chi connectivity index (χ3n) is 6.58. The van der Waals surface area contributed by atoms with Crippen molar-refractivity contribution in [3.05, 3.63) is 101 Å². The zero-order valence-electron chi connectivity index (χ0n) is 23.2. The Balaban J connectivity index is 1.56. The number of rotatable bonds is 8. The fraction of sp³-hybridized carbons (Fsp3) is 0.200. The van der Waals surface area contributed by atoms with Crippen LogP contribution in [0.1, 0.15) is 47.1 Å². The molecule has 0 fully saturated rings.